The molecule has 0 saturated heterocycles. The van der Waals surface area contributed by atoms with Crippen molar-refractivity contribution in [1.29, 1.82) is 5.26 Å². The Morgan fingerprint density at radius 1 is 1.00 bits per heavy atom. The topological polar surface area (TPSA) is 65.8 Å². The number of carbonyl (C=O) groups excluding carboxylic acids is 1. The van der Waals surface area contributed by atoms with Gasteiger partial charge in [-0.1, -0.05) is 64.5 Å². The highest BCUT2D eigenvalue weighted by Crippen LogP contribution is 2.28. The average molecular weight is 474 g/mol. The Hall–Kier alpha value is -3.27. The third-order valence-corrected chi connectivity index (χ3v) is 6.02. The van der Waals surface area contributed by atoms with Crippen molar-refractivity contribution in [2.24, 2.45) is 0 Å². The average Bonchev–Trinajstić information content (AvgIpc) is 3.22. The van der Waals surface area contributed by atoms with E-state index >= 15 is 0 Å². The third kappa shape index (κ3) is 4.48. The van der Waals surface area contributed by atoms with Gasteiger partial charge in [-0.3, -0.25) is 10.1 Å². The van der Waals surface area contributed by atoms with Crippen LogP contribution in [0.1, 0.15) is 26.4 Å². The first kappa shape index (κ1) is 20.0. The lowest BCUT2D eigenvalue weighted by atomic mass is 9.95. The first-order valence-electron chi connectivity index (χ1n) is 9.23. The second-order valence-electron chi connectivity index (χ2n) is 6.59. The lowest BCUT2D eigenvalue weighted by molar-refractivity contribution is 0.102. The normalized spacial score (nSPS) is 10.4. The first-order valence-corrected chi connectivity index (χ1v) is 10.8. The zero-order valence-corrected chi connectivity index (χ0v) is 18.2. The Morgan fingerprint density at radius 3 is 2.47 bits per heavy atom. The van der Waals surface area contributed by atoms with Gasteiger partial charge in [0.2, 0.25) is 0 Å². The van der Waals surface area contributed by atoms with Gasteiger partial charge in [0.15, 0.2) is 5.13 Å². The van der Waals surface area contributed by atoms with E-state index in [1.165, 1.54) is 16.9 Å². The number of thiazole rings is 1. The quantitative estimate of drug-likeness (QED) is 0.370. The van der Waals surface area contributed by atoms with Gasteiger partial charge in [-0.05, 0) is 35.4 Å². The van der Waals surface area contributed by atoms with Gasteiger partial charge in [0.25, 0.3) is 5.91 Å². The van der Waals surface area contributed by atoms with E-state index in [9.17, 15) is 10.1 Å². The Balaban J connectivity index is 1.55. The van der Waals surface area contributed by atoms with Crippen LogP contribution in [0.3, 0.4) is 0 Å². The summed E-state index contributed by atoms with van der Waals surface area (Å²) in [5, 5.41) is 12.9. The summed E-state index contributed by atoms with van der Waals surface area (Å²) in [6.07, 6.45) is 2.55. The van der Waals surface area contributed by atoms with Gasteiger partial charge in [0, 0.05) is 33.1 Å². The summed E-state index contributed by atoms with van der Waals surface area (Å²) in [7, 11) is 0. The first-order chi connectivity index (χ1) is 14.6. The van der Waals surface area contributed by atoms with Crippen LogP contribution < -0.4 is 5.32 Å². The molecule has 0 saturated carbocycles. The lowest BCUT2D eigenvalue weighted by Crippen LogP contribution is -2.13. The molecule has 1 aromatic heterocycles. The van der Waals surface area contributed by atoms with Gasteiger partial charge in [0.05, 0.1) is 11.6 Å². The molecule has 4 nitrogen and oxygen atoms in total. The van der Waals surface area contributed by atoms with Crippen LogP contribution in [0.15, 0.2) is 83.5 Å². The molecule has 1 amide bonds. The molecule has 0 unspecified atom stereocenters. The fourth-order valence-electron chi connectivity index (χ4n) is 3.15. The molecule has 0 aliphatic heterocycles. The van der Waals surface area contributed by atoms with Crippen LogP contribution in [0.5, 0.6) is 0 Å². The third-order valence-electron chi connectivity index (χ3n) is 4.58. The molecule has 1 N–H and O–H groups in total. The number of nitrogens with one attached hydrogen (secondary N) is 1. The Kier molecular flexibility index (Phi) is 6.03. The highest BCUT2D eigenvalue weighted by atomic mass is 79.9. The number of nitriles is 1. The van der Waals surface area contributed by atoms with E-state index in [0.717, 1.165) is 26.9 Å². The molecule has 146 valence electrons. The summed E-state index contributed by atoms with van der Waals surface area (Å²) < 4.78 is 1.04. The number of hydrogen-bond acceptors (Lipinski definition) is 4. The zero-order valence-electron chi connectivity index (χ0n) is 15.8. The lowest BCUT2D eigenvalue weighted by Gasteiger charge is -2.10. The molecular weight excluding hydrogens is 458 g/mol. The number of carbonyl (C=O) groups is 1. The van der Waals surface area contributed by atoms with E-state index in [1.807, 2.05) is 48.5 Å². The van der Waals surface area contributed by atoms with Crippen LogP contribution in [-0.2, 0) is 6.42 Å². The molecule has 0 aliphatic carbocycles. The van der Waals surface area contributed by atoms with Crippen molar-refractivity contribution < 1.29 is 4.79 Å². The molecule has 0 aliphatic rings. The van der Waals surface area contributed by atoms with Crippen molar-refractivity contribution in [3.8, 4) is 17.2 Å². The van der Waals surface area contributed by atoms with Crippen molar-refractivity contribution in [2.75, 3.05) is 5.32 Å². The number of nitrogens with zero attached hydrogens (tertiary/aromatic N) is 2. The zero-order chi connectivity index (χ0) is 20.9. The maximum atomic E-state index is 13.0. The predicted molar refractivity (Wildman–Crippen MR) is 124 cm³/mol. The number of rotatable bonds is 5. The van der Waals surface area contributed by atoms with Crippen LogP contribution in [0, 0.1) is 11.3 Å². The number of aromatic nitrogens is 1. The van der Waals surface area contributed by atoms with E-state index < -0.39 is 0 Å². The molecule has 30 heavy (non-hydrogen) atoms. The van der Waals surface area contributed by atoms with Crippen molar-refractivity contribution >= 4 is 38.3 Å². The van der Waals surface area contributed by atoms with Gasteiger partial charge in [-0.25, -0.2) is 4.98 Å². The number of halogens is 1. The van der Waals surface area contributed by atoms with E-state index in [-0.39, 0.29) is 5.91 Å². The summed E-state index contributed by atoms with van der Waals surface area (Å²) in [5.74, 6) is -0.247. The summed E-state index contributed by atoms with van der Waals surface area (Å²) in [6.45, 7) is 0. The summed E-state index contributed by atoms with van der Waals surface area (Å²) in [6, 6.07) is 24.9. The van der Waals surface area contributed by atoms with Gasteiger partial charge in [-0.2, -0.15) is 5.26 Å². The molecule has 0 atom stereocenters. The fourth-order valence-corrected chi connectivity index (χ4v) is 4.25. The van der Waals surface area contributed by atoms with Gasteiger partial charge in [-0.15, -0.1) is 11.3 Å². The second kappa shape index (κ2) is 9.04. The molecule has 0 fully saturated rings. The van der Waals surface area contributed by atoms with Crippen molar-refractivity contribution in [3.63, 3.8) is 0 Å². The minimum Gasteiger partial charge on any atom is -0.298 e. The summed E-state index contributed by atoms with van der Waals surface area (Å²) >= 11 is 4.90. The highest BCUT2D eigenvalue weighted by Gasteiger charge is 2.16. The van der Waals surface area contributed by atoms with Gasteiger partial charge >= 0.3 is 0 Å². The van der Waals surface area contributed by atoms with E-state index in [2.05, 4.69) is 44.4 Å². The molecule has 3 aromatic carbocycles. The molecule has 0 bridgehead atoms. The monoisotopic (exact) mass is 473 g/mol. The Morgan fingerprint density at radius 2 is 1.70 bits per heavy atom. The minimum absolute atomic E-state index is 0.247. The Labute approximate surface area is 187 Å². The number of benzene rings is 3. The van der Waals surface area contributed by atoms with E-state index in [4.69, 9.17) is 0 Å². The van der Waals surface area contributed by atoms with Crippen molar-refractivity contribution in [2.45, 2.75) is 6.42 Å². The van der Waals surface area contributed by atoms with Gasteiger partial charge in [0.1, 0.15) is 0 Å². The maximum Gasteiger partial charge on any atom is 0.258 e. The van der Waals surface area contributed by atoms with Crippen LogP contribution >= 0.6 is 27.3 Å². The molecule has 4 rings (SSSR count). The van der Waals surface area contributed by atoms with Gasteiger partial charge < -0.3 is 0 Å². The van der Waals surface area contributed by atoms with Crippen LogP contribution in [0.4, 0.5) is 5.13 Å². The maximum absolute atomic E-state index is 13.0. The molecular formula is C24H16BrN3OS. The fraction of sp³-hybridized carbons (Fsp3) is 0.0417. The molecule has 4 aromatic rings. The number of hydrogen-bond donors (Lipinski definition) is 1. The SMILES string of the molecule is N#Cc1ccccc1-c1ccccc1C(=O)Nc1ncc(Cc2ccc(Br)cc2)s1. The molecule has 6 heteroatoms. The minimum atomic E-state index is -0.247. The van der Waals surface area contributed by atoms with E-state index in [1.54, 1.807) is 18.3 Å². The van der Waals surface area contributed by atoms with Crippen molar-refractivity contribution in [3.05, 3.63) is 105 Å². The standard InChI is InChI=1S/C24H16BrN3OS/c25-18-11-9-16(10-12-18)13-19-15-27-24(30-19)28-23(29)22-8-4-3-7-21(22)20-6-2-1-5-17(20)14-26/h1-12,15H,13H2,(H,27,28,29). The molecule has 0 radical (unpaired) electrons. The summed E-state index contributed by atoms with van der Waals surface area (Å²) in [5.41, 5.74) is 3.67. The second-order valence-corrected chi connectivity index (χ2v) is 8.62. The predicted octanol–water partition coefficient (Wildman–Crippen LogP) is 6.29. The summed E-state index contributed by atoms with van der Waals surface area (Å²) in [4.78, 5) is 18.4. The highest BCUT2D eigenvalue weighted by molar-refractivity contribution is 9.10. The smallest absolute Gasteiger partial charge is 0.258 e. The molecule has 0 spiro atoms. The molecule has 1 heterocycles. The Bertz CT molecular complexity index is 1240. The van der Waals surface area contributed by atoms with E-state index in [0.29, 0.717) is 16.3 Å². The van der Waals surface area contributed by atoms with Crippen molar-refractivity contribution in [1.82, 2.24) is 4.98 Å². The van der Waals surface area contributed by atoms with Crippen LogP contribution in [0.2, 0.25) is 0 Å². The number of anilines is 1. The number of amides is 1. The van der Waals surface area contributed by atoms with Crippen LogP contribution in [0.25, 0.3) is 11.1 Å². The largest absolute Gasteiger partial charge is 0.298 e. The van der Waals surface area contributed by atoms with Crippen LogP contribution in [-0.4, -0.2) is 10.9 Å².